The van der Waals surface area contributed by atoms with Gasteiger partial charge in [-0.15, -0.1) is 0 Å². The Morgan fingerprint density at radius 1 is 1.40 bits per heavy atom. The number of hydrogen-bond donors (Lipinski definition) is 2. The van der Waals surface area contributed by atoms with Crippen molar-refractivity contribution in [1.82, 2.24) is 14.8 Å². The van der Waals surface area contributed by atoms with Crippen LogP contribution < -0.4 is 5.32 Å². The Labute approximate surface area is 152 Å². The van der Waals surface area contributed by atoms with E-state index >= 15 is 0 Å². The highest BCUT2D eigenvalue weighted by Crippen LogP contribution is 2.31. The van der Waals surface area contributed by atoms with Gasteiger partial charge in [-0.25, -0.2) is 18.1 Å². The van der Waals surface area contributed by atoms with Gasteiger partial charge in [-0.05, 0) is 38.7 Å². The second-order valence-corrected chi connectivity index (χ2v) is 9.16. The van der Waals surface area contributed by atoms with Crippen LogP contribution in [0.15, 0.2) is 29.6 Å². The van der Waals surface area contributed by atoms with E-state index in [4.69, 9.17) is 11.6 Å². The fourth-order valence-corrected chi connectivity index (χ4v) is 3.67. The summed E-state index contributed by atoms with van der Waals surface area (Å²) >= 11 is 6.03. The minimum absolute atomic E-state index is 0.00196. The van der Waals surface area contributed by atoms with Crippen LogP contribution in [0.2, 0.25) is 5.15 Å². The molecule has 2 N–H and O–H groups in total. The molecule has 0 aliphatic heterocycles. The largest absolute Gasteiger partial charge is 0.390 e. The van der Waals surface area contributed by atoms with Crippen molar-refractivity contribution < 1.29 is 13.5 Å². The fourth-order valence-electron chi connectivity index (χ4n) is 2.96. The van der Waals surface area contributed by atoms with Crippen molar-refractivity contribution >= 4 is 27.1 Å². The van der Waals surface area contributed by atoms with Gasteiger partial charge in [0.05, 0.1) is 17.5 Å². The molecule has 0 bridgehead atoms. The number of halogens is 1. The summed E-state index contributed by atoms with van der Waals surface area (Å²) in [5.41, 5.74) is 0.745. The first-order valence-corrected chi connectivity index (χ1v) is 10.3. The maximum absolute atomic E-state index is 11.6. The molecule has 25 heavy (non-hydrogen) atoms. The number of hydrogen-bond acceptors (Lipinski definition) is 6. The van der Waals surface area contributed by atoms with Crippen molar-refractivity contribution in [1.29, 1.82) is 0 Å². The lowest BCUT2D eigenvalue weighted by Crippen LogP contribution is -2.35. The van der Waals surface area contributed by atoms with E-state index in [1.807, 2.05) is 6.92 Å². The van der Waals surface area contributed by atoms with E-state index in [9.17, 15) is 13.5 Å². The van der Waals surface area contributed by atoms with E-state index < -0.39 is 15.4 Å². The van der Waals surface area contributed by atoms with E-state index in [0.717, 1.165) is 37.6 Å². The van der Waals surface area contributed by atoms with Gasteiger partial charge in [0.15, 0.2) is 14.9 Å². The predicted molar refractivity (Wildman–Crippen MR) is 96.0 cm³/mol. The average Bonchev–Trinajstić information content (AvgIpc) is 2.99. The van der Waals surface area contributed by atoms with Crippen LogP contribution in [0, 0.1) is 0 Å². The Morgan fingerprint density at radius 2 is 2.08 bits per heavy atom. The van der Waals surface area contributed by atoms with Gasteiger partial charge < -0.3 is 10.4 Å². The Hall–Kier alpha value is -1.64. The molecule has 0 atom stereocenters. The third-order valence-corrected chi connectivity index (χ3v) is 5.65. The van der Waals surface area contributed by atoms with Crippen LogP contribution in [0.4, 0.5) is 5.69 Å². The van der Waals surface area contributed by atoms with E-state index in [1.165, 1.54) is 10.7 Å². The van der Waals surface area contributed by atoms with Gasteiger partial charge in [0, 0.05) is 24.6 Å². The van der Waals surface area contributed by atoms with E-state index in [2.05, 4.69) is 15.4 Å². The van der Waals surface area contributed by atoms with Crippen molar-refractivity contribution in [3.05, 3.63) is 29.7 Å². The minimum atomic E-state index is -3.38. The van der Waals surface area contributed by atoms with Gasteiger partial charge in [0.25, 0.3) is 0 Å². The summed E-state index contributed by atoms with van der Waals surface area (Å²) in [6.45, 7) is 1.86. The summed E-state index contributed by atoms with van der Waals surface area (Å²) in [5, 5.41) is 18.0. The molecule has 0 aromatic carbocycles. The molecule has 2 aromatic heterocycles. The number of sulfone groups is 1. The van der Waals surface area contributed by atoms with Crippen molar-refractivity contribution in [3.8, 4) is 5.69 Å². The van der Waals surface area contributed by atoms with Crippen molar-refractivity contribution in [2.45, 2.75) is 49.3 Å². The van der Waals surface area contributed by atoms with Crippen molar-refractivity contribution in [2.24, 2.45) is 0 Å². The zero-order chi connectivity index (χ0) is 18.2. The fraction of sp³-hybridized carbons (Fsp3) is 0.500. The second-order valence-electron chi connectivity index (χ2n) is 6.81. The Kier molecular flexibility index (Phi) is 4.78. The van der Waals surface area contributed by atoms with E-state index in [-0.39, 0.29) is 11.1 Å². The van der Waals surface area contributed by atoms with E-state index in [1.54, 1.807) is 18.5 Å². The molecule has 9 heteroatoms. The van der Waals surface area contributed by atoms with Crippen LogP contribution in [0.5, 0.6) is 0 Å². The molecule has 0 saturated heterocycles. The van der Waals surface area contributed by atoms with Gasteiger partial charge in [-0.3, -0.25) is 0 Å². The van der Waals surface area contributed by atoms with E-state index in [0.29, 0.717) is 10.8 Å². The number of rotatable bonds is 4. The van der Waals surface area contributed by atoms with Gasteiger partial charge in [0.1, 0.15) is 10.8 Å². The number of pyridine rings is 1. The standard InChI is InChI=1S/C16H21ClN4O3S/c1-16(22)6-3-11(4-7-16)19-12-9-14(17)18-10-13(12)21-8-5-15(20-21)25(2,23)24/h5,8-11,22H,3-4,6-7H2,1-2H3,(H,18,19). The molecular formula is C16H21ClN4O3S. The average molecular weight is 385 g/mol. The molecule has 3 rings (SSSR count). The number of anilines is 1. The highest BCUT2D eigenvalue weighted by atomic mass is 35.5. The smallest absolute Gasteiger partial charge is 0.194 e. The van der Waals surface area contributed by atoms with Crippen molar-refractivity contribution in [2.75, 3.05) is 11.6 Å². The monoisotopic (exact) mass is 384 g/mol. The molecule has 136 valence electrons. The van der Waals surface area contributed by atoms with Crippen LogP contribution in [0.1, 0.15) is 32.6 Å². The van der Waals surface area contributed by atoms with Gasteiger partial charge in [-0.2, -0.15) is 5.10 Å². The number of nitrogens with zero attached hydrogens (tertiary/aromatic N) is 3. The molecule has 2 heterocycles. The summed E-state index contributed by atoms with van der Waals surface area (Å²) in [4.78, 5) is 4.08. The number of nitrogens with one attached hydrogen (secondary N) is 1. The molecule has 7 nitrogen and oxygen atoms in total. The number of aliphatic hydroxyl groups is 1. The molecule has 0 spiro atoms. The maximum Gasteiger partial charge on any atom is 0.194 e. The molecule has 0 unspecified atom stereocenters. The molecule has 1 aliphatic carbocycles. The molecule has 1 saturated carbocycles. The first kappa shape index (κ1) is 18.2. The summed E-state index contributed by atoms with van der Waals surface area (Å²) in [6, 6.07) is 3.35. The van der Waals surface area contributed by atoms with Crippen LogP contribution in [-0.2, 0) is 9.84 Å². The quantitative estimate of drug-likeness (QED) is 0.786. The third-order valence-electron chi connectivity index (χ3n) is 4.46. The maximum atomic E-state index is 11.6. The van der Waals surface area contributed by atoms with Crippen LogP contribution in [0.25, 0.3) is 5.69 Å². The summed E-state index contributed by atoms with van der Waals surface area (Å²) in [6.07, 6.45) is 7.37. The lowest BCUT2D eigenvalue weighted by molar-refractivity contribution is 0.0196. The molecule has 1 fully saturated rings. The van der Waals surface area contributed by atoms with Crippen molar-refractivity contribution in [3.63, 3.8) is 0 Å². The molecule has 0 amide bonds. The molecule has 1 aliphatic rings. The van der Waals surface area contributed by atoms with Crippen LogP contribution >= 0.6 is 11.6 Å². The predicted octanol–water partition coefficient (Wildman–Crippen LogP) is 2.43. The van der Waals surface area contributed by atoms with Gasteiger partial charge in [-0.1, -0.05) is 11.6 Å². The third kappa shape index (κ3) is 4.31. The lowest BCUT2D eigenvalue weighted by Gasteiger charge is -2.34. The Balaban J connectivity index is 1.87. The molecule has 0 radical (unpaired) electrons. The summed E-state index contributed by atoms with van der Waals surface area (Å²) < 4.78 is 24.8. The first-order chi connectivity index (χ1) is 11.6. The summed E-state index contributed by atoms with van der Waals surface area (Å²) in [5.74, 6) is 0. The molecular weight excluding hydrogens is 364 g/mol. The van der Waals surface area contributed by atoms with Gasteiger partial charge >= 0.3 is 0 Å². The highest BCUT2D eigenvalue weighted by Gasteiger charge is 2.29. The van der Waals surface area contributed by atoms with Crippen LogP contribution in [0.3, 0.4) is 0 Å². The lowest BCUT2D eigenvalue weighted by atomic mass is 9.83. The van der Waals surface area contributed by atoms with Crippen LogP contribution in [-0.4, -0.2) is 46.2 Å². The zero-order valence-corrected chi connectivity index (χ0v) is 15.7. The Morgan fingerprint density at radius 3 is 2.68 bits per heavy atom. The molecule has 2 aromatic rings. The normalized spacial score (nSPS) is 24.2. The second kappa shape index (κ2) is 6.59. The zero-order valence-electron chi connectivity index (χ0n) is 14.1. The number of aromatic nitrogens is 3. The highest BCUT2D eigenvalue weighted by molar-refractivity contribution is 7.90. The van der Waals surface area contributed by atoms with Gasteiger partial charge in [0.2, 0.25) is 0 Å². The first-order valence-electron chi connectivity index (χ1n) is 8.05. The topological polar surface area (TPSA) is 97.1 Å². The SMILES string of the molecule is CC1(O)CCC(Nc2cc(Cl)ncc2-n2ccc(S(C)(=O)=O)n2)CC1. The Bertz CT molecular complexity index is 869. The minimum Gasteiger partial charge on any atom is -0.390 e. The summed E-state index contributed by atoms with van der Waals surface area (Å²) in [7, 11) is -3.38.